The molecule has 1 rings (SSSR count). The van der Waals surface area contributed by atoms with Crippen LogP contribution >= 0.6 is 0 Å². The molecule has 0 radical (unpaired) electrons. The van der Waals surface area contributed by atoms with Crippen LogP contribution in [-0.2, 0) is 9.84 Å². The Balaban J connectivity index is 3.06. The summed E-state index contributed by atoms with van der Waals surface area (Å²) in [5.74, 6) is 0. The van der Waals surface area contributed by atoms with Crippen molar-refractivity contribution < 1.29 is 8.42 Å². The van der Waals surface area contributed by atoms with E-state index in [4.69, 9.17) is 0 Å². The van der Waals surface area contributed by atoms with Crippen LogP contribution in [0.5, 0.6) is 0 Å². The summed E-state index contributed by atoms with van der Waals surface area (Å²) in [6, 6.07) is 0. The third-order valence-corrected chi connectivity index (χ3v) is 12.5. The fraction of sp³-hybridized carbons (Fsp3) is 1.00. The minimum Gasteiger partial charge on any atom is -0.228 e. The van der Waals surface area contributed by atoms with Crippen LogP contribution in [0, 0.1) is 0 Å². The van der Waals surface area contributed by atoms with Crippen molar-refractivity contribution in [2.24, 2.45) is 0 Å². The van der Waals surface area contributed by atoms with E-state index in [2.05, 4.69) is 33.5 Å². The van der Waals surface area contributed by atoms with Gasteiger partial charge >= 0.3 is 0 Å². The Hall–Kier alpha value is 0.167. The standard InChI is InChI=1S/C11H24O2SSi/c1-6-8-10-11(9-7-2,14(10,12)13)15(3,4)5/h10H,6-9H2,1-5H3/t10-,11-/m1/s1. The molecule has 0 aliphatic carbocycles. The SMILES string of the molecule is CCC[C@@H]1[C@@](CCC)([Si](C)(C)C)S1(=O)=O. The van der Waals surface area contributed by atoms with Gasteiger partial charge in [-0.15, -0.1) is 0 Å². The van der Waals surface area contributed by atoms with Gasteiger partial charge in [0, 0.05) is 0 Å². The first-order valence-corrected chi connectivity index (χ1v) is 11.0. The molecule has 90 valence electrons. The van der Waals surface area contributed by atoms with Crippen molar-refractivity contribution in [3.8, 4) is 0 Å². The van der Waals surface area contributed by atoms with Crippen LogP contribution in [0.2, 0.25) is 19.6 Å². The Bertz CT molecular complexity index is 329. The summed E-state index contributed by atoms with van der Waals surface area (Å²) in [7, 11) is -4.40. The third kappa shape index (κ3) is 1.70. The van der Waals surface area contributed by atoms with Crippen LogP contribution in [0.15, 0.2) is 0 Å². The Labute approximate surface area is 95.4 Å². The molecule has 1 saturated heterocycles. The minimum absolute atomic E-state index is 0.0124. The molecule has 0 aromatic heterocycles. The van der Waals surface area contributed by atoms with E-state index in [1.807, 2.05) is 0 Å². The van der Waals surface area contributed by atoms with Crippen LogP contribution in [-0.4, -0.2) is 26.1 Å². The molecule has 0 amide bonds. The molecular weight excluding hydrogens is 224 g/mol. The van der Waals surface area contributed by atoms with Crippen molar-refractivity contribution in [1.29, 1.82) is 0 Å². The summed E-state index contributed by atoms with van der Waals surface area (Å²) in [5.41, 5.74) is 0. The van der Waals surface area contributed by atoms with Crippen molar-refractivity contribution in [2.75, 3.05) is 0 Å². The summed E-state index contributed by atoms with van der Waals surface area (Å²) in [4.78, 5) is 0. The molecule has 1 aliphatic rings. The predicted octanol–water partition coefficient (Wildman–Crippen LogP) is 3.00. The first kappa shape index (κ1) is 13.2. The van der Waals surface area contributed by atoms with Gasteiger partial charge in [-0.3, -0.25) is 0 Å². The fourth-order valence-corrected chi connectivity index (χ4v) is 12.7. The largest absolute Gasteiger partial charge is 0.228 e. The Morgan fingerprint density at radius 3 is 2.00 bits per heavy atom. The maximum absolute atomic E-state index is 12.2. The molecule has 0 bridgehead atoms. The van der Waals surface area contributed by atoms with Gasteiger partial charge < -0.3 is 0 Å². The average Bonchev–Trinajstić information content (AvgIpc) is 2.52. The first-order chi connectivity index (χ1) is 6.75. The monoisotopic (exact) mass is 248 g/mol. The summed E-state index contributed by atoms with van der Waals surface area (Å²) in [5, 5.41) is -0.0124. The van der Waals surface area contributed by atoms with E-state index in [0.29, 0.717) is 0 Å². The number of rotatable bonds is 5. The summed E-state index contributed by atoms with van der Waals surface area (Å²) < 4.78 is 24.1. The zero-order valence-corrected chi connectivity index (χ0v) is 12.4. The molecule has 1 fully saturated rings. The van der Waals surface area contributed by atoms with E-state index >= 15 is 0 Å². The Kier molecular flexibility index (Phi) is 3.42. The molecule has 4 heteroatoms. The zero-order chi connectivity index (χ0) is 11.9. The minimum atomic E-state index is -2.78. The smallest absolute Gasteiger partial charge is 0.158 e. The Morgan fingerprint density at radius 1 is 1.13 bits per heavy atom. The molecule has 1 aliphatic heterocycles. The average molecular weight is 248 g/mol. The fourth-order valence-electron chi connectivity index (χ4n) is 3.05. The molecule has 0 aromatic rings. The van der Waals surface area contributed by atoms with Gasteiger partial charge in [0.1, 0.15) is 0 Å². The van der Waals surface area contributed by atoms with E-state index in [1.165, 1.54) is 0 Å². The van der Waals surface area contributed by atoms with E-state index in [0.717, 1.165) is 25.7 Å². The van der Waals surface area contributed by atoms with Crippen LogP contribution in [0.25, 0.3) is 0 Å². The molecule has 0 spiro atoms. The lowest BCUT2D eigenvalue weighted by Gasteiger charge is -2.26. The highest BCUT2D eigenvalue weighted by Gasteiger charge is 2.75. The van der Waals surface area contributed by atoms with E-state index in [1.54, 1.807) is 0 Å². The lowest BCUT2D eigenvalue weighted by Crippen LogP contribution is -2.44. The maximum Gasteiger partial charge on any atom is 0.158 e. The van der Waals surface area contributed by atoms with E-state index < -0.39 is 17.9 Å². The van der Waals surface area contributed by atoms with Crippen molar-refractivity contribution in [3.63, 3.8) is 0 Å². The third-order valence-electron chi connectivity index (χ3n) is 3.79. The molecule has 2 atom stereocenters. The predicted molar refractivity (Wildman–Crippen MR) is 68.6 cm³/mol. The maximum atomic E-state index is 12.2. The molecule has 0 unspecified atom stereocenters. The number of sulfone groups is 1. The molecule has 2 nitrogen and oxygen atoms in total. The van der Waals surface area contributed by atoms with Crippen molar-refractivity contribution in [2.45, 2.75) is 68.8 Å². The first-order valence-electron chi connectivity index (χ1n) is 5.99. The number of hydrogen-bond donors (Lipinski definition) is 0. The lowest BCUT2D eigenvalue weighted by atomic mass is 10.1. The second-order valence-corrected chi connectivity index (χ2v) is 13.9. The molecular formula is C11H24O2SSi. The van der Waals surface area contributed by atoms with Gasteiger partial charge in [0.2, 0.25) is 0 Å². The van der Waals surface area contributed by atoms with Gasteiger partial charge in [-0.1, -0.05) is 46.3 Å². The Morgan fingerprint density at radius 2 is 1.67 bits per heavy atom. The molecule has 0 N–H and O–H groups in total. The summed E-state index contributed by atoms with van der Waals surface area (Å²) >= 11 is 0. The second-order valence-electron chi connectivity index (χ2n) is 5.71. The molecule has 15 heavy (non-hydrogen) atoms. The second kappa shape index (κ2) is 3.88. The van der Waals surface area contributed by atoms with E-state index in [-0.39, 0.29) is 9.62 Å². The summed E-state index contributed by atoms with van der Waals surface area (Å²) in [6.45, 7) is 10.8. The van der Waals surface area contributed by atoms with Gasteiger partial charge in [0.15, 0.2) is 9.84 Å². The van der Waals surface area contributed by atoms with Crippen molar-refractivity contribution >= 4 is 17.9 Å². The van der Waals surface area contributed by atoms with Gasteiger partial charge in [-0.05, 0) is 12.8 Å². The van der Waals surface area contributed by atoms with Gasteiger partial charge in [0.05, 0.1) is 17.7 Å². The van der Waals surface area contributed by atoms with Crippen molar-refractivity contribution in [3.05, 3.63) is 0 Å². The lowest BCUT2D eigenvalue weighted by molar-refractivity contribution is 0.605. The van der Waals surface area contributed by atoms with Gasteiger partial charge in [0.25, 0.3) is 0 Å². The molecule has 0 aromatic carbocycles. The van der Waals surface area contributed by atoms with Crippen LogP contribution in [0.4, 0.5) is 0 Å². The quantitative estimate of drug-likeness (QED) is 0.554. The summed E-state index contributed by atoms with van der Waals surface area (Å²) in [6.07, 6.45) is 3.73. The van der Waals surface area contributed by atoms with Crippen molar-refractivity contribution in [1.82, 2.24) is 0 Å². The zero-order valence-electron chi connectivity index (χ0n) is 10.6. The highest BCUT2D eigenvalue weighted by atomic mass is 32.2. The topological polar surface area (TPSA) is 34.1 Å². The molecule has 0 saturated carbocycles. The highest BCUT2D eigenvalue weighted by Crippen LogP contribution is 2.56. The van der Waals surface area contributed by atoms with E-state index in [9.17, 15) is 8.42 Å². The van der Waals surface area contributed by atoms with Crippen LogP contribution in [0.1, 0.15) is 39.5 Å². The highest BCUT2D eigenvalue weighted by molar-refractivity contribution is 8.03. The van der Waals surface area contributed by atoms with Crippen LogP contribution in [0.3, 0.4) is 0 Å². The van der Waals surface area contributed by atoms with Crippen LogP contribution < -0.4 is 0 Å². The number of hydrogen-bond acceptors (Lipinski definition) is 2. The van der Waals surface area contributed by atoms with Gasteiger partial charge in [-0.25, -0.2) is 8.42 Å². The van der Waals surface area contributed by atoms with Gasteiger partial charge in [-0.2, -0.15) is 0 Å². The normalized spacial score (nSPS) is 34.1. The molecule has 1 heterocycles.